The van der Waals surface area contributed by atoms with Gasteiger partial charge in [-0.2, -0.15) is 0 Å². The molecular formula is C10H21NO. The molecule has 0 bridgehead atoms. The number of hydrogen-bond donors (Lipinski definition) is 0. The van der Waals surface area contributed by atoms with E-state index in [-0.39, 0.29) is 11.4 Å². The minimum absolute atomic E-state index is 0.0543. The molecule has 0 rings (SSSR count). The van der Waals surface area contributed by atoms with E-state index in [1.165, 1.54) is 0 Å². The quantitative estimate of drug-likeness (QED) is 0.625. The fourth-order valence-corrected chi connectivity index (χ4v) is 1.63. The molecule has 0 aliphatic carbocycles. The Labute approximate surface area is 75.9 Å². The maximum atomic E-state index is 11.3. The molecule has 0 radical (unpaired) electrons. The van der Waals surface area contributed by atoms with Crippen molar-refractivity contribution in [3.8, 4) is 0 Å². The molecule has 0 saturated carbocycles. The van der Waals surface area contributed by atoms with Crippen LogP contribution in [0.25, 0.3) is 0 Å². The van der Waals surface area contributed by atoms with Gasteiger partial charge in [-0.1, -0.05) is 6.92 Å². The molecule has 0 aromatic heterocycles. The molecule has 0 heterocycles. The van der Waals surface area contributed by atoms with E-state index in [2.05, 4.69) is 34.6 Å². The first kappa shape index (κ1) is 11.5. The van der Waals surface area contributed by atoms with Gasteiger partial charge in [-0.3, -0.25) is 4.79 Å². The van der Waals surface area contributed by atoms with E-state index in [0.717, 1.165) is 6.42 Å². The van der Waals surface area contributed by atoms with Crippen LogP contribution < -0.4 is 0 Å². The van der Waals surface area contributed by atoms with Crippen molar-refractivity contribution in [3.63, 3.8) is 0 Å². The predicted molar refractivity (Wildman–Crippen MR) is 52.0 cm³/mol. The Morgan fingerprint density at radius 3 is 1.92 bits per heavy atom. The standard InChI is InChI=1S/C10H21NO/c1-7-8(2)11(9(3)12)10(4,5)6/h8H,7H2,1-6H3. The Balaban J connectivity index is 4.56. The lowest BCUT2D eigenvalue weighted by molar-refractivity contribution is -0.136. The molecule has 2 nitrogen and oxygen atoms in total. The normalized spacial score (nSPS) is 14.2. The highest BCUT2D eigenvalue weighted by Crippen LogP contribution is 2.18. The SMILES string of the molecule is CCC(C)N(C(C)=O)C(C)(C)C. The Bertz CT molecular complexity index is 158. The summed E-state index contributed by atoms with van der Waals surface area (Å²) in [6.45, 7) is 12.0. The van der Waals surface area contributed by atoms with E-state index in [9.17, 15) is 4.79 Å². The first-order chi connectivity index (χ1) is 5.30. The maximum absolute atomic E-state index is 11.3. The van der Waals surface area contributed by atoms with Gasteiger partial charge in [0.05, 0.1) is 0 Å². The average molecular weight is 171 g/mol. The largest absolute Gasteiger partial charge is 0.335 e. The van der Waals surface area contributed by atoms with Crippen molar-refractivity contribution < 1.29 is 4.79 Å². The number of nitrogens with zero attached hydrogens (tertiary/aromatic N) is 1. The van der Waals surface area contributed by atoms with Gasteiger partial charge in [0.25, 0.3) is 0 Å². The lowest BCUT2D eigenvalue weighted by Gasteiger charge is -2.39. The molecule has 0 aliphatic rings. The van der Waals surface area contributed by atoms with Gasteiger partial charge in [-0.05, 0) is 34.1 Å². The highest BCUT2D eigenvalue weighted by atomic mass is 16.2. The summed E-state index contributed by atoms with van der Waals surface area (Å²) in [6.07, 6.45) is 1.01. The van der Waals surface area contributed by atoms with Crippen LogP contribution in [0.1, 0.15) is 48.0 Å². The Morgan fingerprint density at radius 2 is 1.83 bits per heavy atom. The van der Waals surface area contributed by atoms with Crippen molar-refractivity contribution in [2.75, 3.05) is 0 Å². The van der Waals surface area contributed by atoms with Crippen LogP contribution in [0.2, 0.25) is 0 Å². The molecule has 12 heavy (non-hydrogen) atoms. The summed E-state index contributed by atoms with van der Waals surface area (Å²) < 4.78 is 0. The van der Waals surface area contributed by atoms with Gasteiger partial charge in [0.1, 0.15) is 0 Å². The summed E-state index contributed by atoms with van der Waals surface area (Å²) in [5, 5.41) is 0. The summed E-state index contributed by atoms with van der Waals surface area (Å²) in [7, 11) is 0. The van der Waals surface area contributed by atoms with E-state index in [1.807, 2.05) is 4.90 Å². The molecule has 1 atom stereocenters. The molecule has 1 unspecified atom stereocenters. The molecule has 0 saturated heterocycles. The van der Waals surface area contributed by atoms with E-state index < -0.39 is 0 Å². The van der Waals surface area contributed by atoms with Gasteiger partial charge in [0, 0.05) is 18.5 Å². The molecule has 0 N–H and O–H groups in total. The third-order valence-electron chi connectivity index (χ3n) is 2.09. The molecule has 0 fully saturated rings. The number of carbonyl (C=O) groups excluding carboxylic acids is 1. The van der Waals surface area contributed by atoms with Gasteiger partial charge in [0.2, 0.25) is 5.91 Å². The van der Waals surface area contributed by atoms with Gasteiger partial charge in [-0.15, -0.1) is 0 Å². The predicted octanol–water partition coefficient (Wildman–Crippen LogP) is 2.43. The first-order valence-electron chi connectivity index (χ1n) is 4.60. The van der Waals surface area contributed by atoms with Crippen molar-refractivity contribution in [1.29, 1.82) is 0 Å². The van der Waals surface area contributed by atoms with Crippen molar-refractivity contribution in [2.24, 2.45) is 0 Å². The number of hydrogen-bond acceptors (Lipinski definition) is 1. The molecule has 2 heteroatoms. The maximum Gasteiger partial charge on any atom is 0.220 e. The van der Waals surface area contributed by atoms with Crippen molar-refractivity contribution in [2.45, 2.75) is 59.5 Å². The lowest BCUT2D eigenvalue weighted by atomic mass is 10.0. The summed E-state index contributed by atoms with van der Waals surface area (Å²) in [5.74, 6) is 0.164. The average Bonchev–Trinajstić information content (AvgIpc) is 1.83. The van der Waals surface area contributed by atoms with Gasteiger partial charge >= 0.3 is 0 Å². The molecule has 72 valence electrons. The Kier molecular flexibility index (Phi) is 3.75. The minimum atomic E-state index is -0.0543. The fraction of sp³-hybridized carbons (Fsp3) is 0.900. The highest BCUT2D eigenvalue weighted by Gasteiger charge is 2.27. The molecule has 0 aliphatic heterocycles. The van der Waals surface area contributed by atoms with Crippen LogP contribution in [0.15, 0.2) is 0 Å². The van der Waals surface area contributed by atoms with Gasteiger partial charge in [-0.25, -0.2) is 0 Å². The summed E-state index contributed by atoms with van der Waals surface area (Å²) >= 11 is 0. The molecule has 0 aromatic carbocycles. The van der Waals surface area contributed by atoms with Crippen LogP contribution in [-0.2, 0) is 4.79 Å². The second-order valence-electron chi connectivity index (χ2n) is 4.32. The van der Waals surface area contributed by atoms with Crippen LogP contribution in [0.4, 0.5) is 0 Å². The van der Waals surface area contributed by atoms with Crippen LogP contribution in [-0.4, -0.2) is 22.4 Å². The lowest BCUT2D eigenvalue weighted by Crippen LogP contribution is -2.49. The number of rotatable bonds is 2. The van der Waals surface area contributed by atoms with Gasteiger partial charge < -0.3 is 4.90 Å². The molecule has 1 amide bonds. The van der Waals surface area contributed by atoms with Crippen LogP contribution in [0.5, 0.6) is 0 Å². The Morgan fingerprint density at radius 1 is 1.42 bits per heavy atom. The summed E-state index contributed by atoms with van der Waals surface area (Å²) in [5.41, 5.74) is -0.0543. The van der Waals surface area contributed by atoms with E-state index in [1.54, 1.807) is 6.92 Å². The second kappa shape index (κ2) is 3.92. The molecular weight excluding hydrogens is 150 g/mol. The van der Waals surface area contributed by atoms with Crippen LogP contribution >= 0.6 is 0 Å². The minimum Gasteiger partial charge on any atom is -0.335 e. The van der Waals surface area contributed by atoms with Crippen molar-refractivity contribution >= 4 is 5.91 Å². The monoisotopic (exact) mass is 171 g/mol. The number of carbonyl (C=O) groups is 1. The molecule has 0 spiro atoms. The zero-order chi connectivity index (χ0) is 9.94. The van der Waals surface area contributed by atoms with E-state index >= 15 is 0 Å². The smallest absolute Gasteiger partial charge is 0.220 e. The zero-order valence-corrected chi connectivity index (χ0v) is 9.14. The van der Waals surface area contributed by atoms with Crippen molar-refractivity contribution in [3.05, 3.63) is 0 Å². The third kappa shape index (κ3) is 2.84. The molecule has 0 aromatic rings. The fourth-order valence-electron chi connectivity index (χ4n) is 1.63. The summed E-state index contributed by atoms with van der Waals surface area (Å²) in [4.78, 5) is 13.3. The summed E-state index contributed by atoms with van der Waals surface area (Å²) in [6, 6.07) is 0.336. The van der Waals surface area contributed by atoms with Gasteiger partial charge in [0.15, 0.2) is 0 Å². The number of amides is 1. The van der Waals surface area contributed by atoms with Crippen LogP contribution in [0, 0.1) is 0 Å². The third-order valence-corrected chi connectivity index (χ3v) is 2.09. The highest BCUT2D eigenvalue weighted by molar-refractivity contribution is 5.74. The zero-order valence-electron chi connectivity index (χ0n) is 9.14. The van der Waals surface area contributed by atoms with Crippen molar-refractivity contribution in [1.82, 2.24) is 4.90 Å². The van der Waals surface area contributed by atoms with E-state index in [4.69, 9.17) is 0 Å². The first-order valence-corrected chi connectivity index (χ1v) is 4.60. The topological polar surface area (TPSA) is 20.3 Å². The second-order valence-corrected chi connectivity index (χ2v) is 4.32. The van der Waals surface area contributed by atoms with Crippen LogP contribution in [0.3, 0.4) is 0 Å². The van der Waals surface area contributed by atoms with E-state index in [0.29, 0.717) is 6.04 Å². The Hall–Kier alpha value is -0.530.